The fourth-order valence-electron chi connectivity index (χ4n) is 1.24. The highest BCUT2D eigenvalue weighted by atomic mass is 16.3. The van der Waals surface area contributed by atoms with Crippen LogP contribution in [0.5, 0.6) is 5.75 Å². The summed E-state index contributed by atoms with van der Waals surface area (Å²) in [5, 5.41) is 9.15. The lowest BCUT2D eigenvalue weighted by molar-refractivity contribution is 0.0939. The third kappa shape index (κ3) is 2.08. The maximum Gasteiger partial charge on any atom is 0.165 e. The van der Waals surface area contributed by atoms with E-state index in [4.69, 9.17) is 5.11 Å². The number of Topliss-reactive ketones (excluding diaryl/α,β-unsaturated/α-hetero) is 1. The number of aryl methyl sites for hydroxylation is 1. The summed E-state index contributed by atoms with van der Waals surface area (Å²) in [4.78, 5) is 11.6. The molecule has 0 saturated carbocycles. The highest BCUT2D eigenvalue weighted by Gasteiger charge is 2.12. The SMILES string of the molecule is Cc1cc(O)ccc1C(=O)C(C)C. The Labute approximate surface area is 78.2 Å². The summed E-state index contributed by atoms with van der Waals surface area (Å²) in [5.41, 5.74) is 1.53. The zero-order valence-corrected chi connectivity index (χ0v) is 8.16. The Morgan fingerprint density at radius 1 is 1.38 bits per heavy atom. The molecule has 2 nitrogen and oxygen atoms in total. The van der Waals surface area contributed by atoms with Crippen molar-refractivity contribution >= 4 is 5.78 Å². The van der Waals surface area contributed by atoms with Crippen molar-refractivity contribution < 1.29 is 9.90 Å². The van der Waals surface area contributed by atoms with Gasteiger partial charge < -0.3 is 5.11 Å². The van der Waals surface area contributed by atoms with E-state index >= 15 is 0 Å². The monoisotopic (exact) mass is 178 g/mol. The summed E-state index contributed by atoms with van der Waals surface area (Å²) in [7, 11) is 0. The van der Waals surface area contributed by atoms with Crippen molar-refractivity contribution in [2.45, 2.75) is 20.8 Å². The van der Waals surface area contributed by atoms with Crippen LogP contribution >= 0.6 is 0 Å². The van der Waals surface area contributed by atoms with Gasteiger partial charge in [0.2, 0.25) is 0 Å². The van der Waals surface area contributed by atoms with Gasteiger partial charge >= 0.3 is 0 Å². The lowest BCUT2D eigenvalue weighted by Gasteiger charge is -2.07. The molecule has 0 aliphatic carbocycles. The zero-order valence-electron chi connectivity index (χ0n) is 8.16. The highest BCUT2D eigenvalue weighted by molar-refractivity contribution is 5.98. The Morgan fingerprint density at radius 3 is 2.46 bits per heavy atom. The van der Waals surface area contributed by atoms with Gasteiger partial charge in [-0.3, -0.25) is 4.79 Å². The Balaban J connectivity index is 3.09. The van der Waals surface area contributed by atoms with Crippen molar-refractivity contribution in [2.24, 2.45) is 5.92 Å². The molecule has 0 atom stereocenters. The van der Waals surface area contributed by atoms with Crippen LogP contribution in [0.1, 0.15) is 29.8 Å². The molecule has 70 valence electrons. The molecular formula is C11H14O2. The second kappa shape index (κ2) is 3.60. The fraction of sp³-hybridized carbons (Fsp3) is 0.364. The number of carbonyl (C=O) groups is 1. The van der Waals surface area contributed by atoms with E-state index < -0.39 is 0 Å². The Kier molecular flexibility index (Phi) is 2.71. The number of aromatic hydroxyl groups is 1. The van der Waals surface area contributed by atoms with Gasteiger partial charge in [-0.15, -0.1) is 0 Å². The Morgan fingerprint density at radius 2 is 2.00 bits per heavy atom. The molecule has 0 bridgehead atoms. The van der Waals surface area contributed by atoms with Crippen LogP contribution in [0.15, 0.2) is 18.2 Å². The van der Waals surface area contributed by atoms with Gasteiger partial charge in [-0.25, -0.2) is 0 Å². The maximum absolute atomic E-state index is 11.6. The number of hydrogen-bond donors (Lipinski definition) is 1. The summed E-state index contributed by atoms with van der Waals surface area (Å²) in [6.45, 7) is 5.57. The van der Waals surface area contributed by atoms with Crippen molar-refractivity contribution in [3.63, 3.8) is 0 Å². The number of carbonyl (C=O) groups excluding carboxylic acids is 1. The molecule has 1 aromatic carbocycles. The van der Waals surface area contributed by atoms with Gasteiger partial charge in [-0.2, -0.15) is 0 Å². The molecule has 0 spiro atoms. The first-order valence-corrected chi connectivity index (χ1v) is 4.36. The van der Waals surface area contributed by atoms with Crippen LogP contribution in [0, 0.1) is 12.8 Å². The Bertz CT molecular complexity index is 327. The molecule has 0 aliphatic rings. The maximum atomic E-state index is 11.6. The summed E-state index contributed by atoms with van der Waals surface area (Å²) in [6, 6.07) is 4.82. The molecule has 1 N–H and O–H groups in total. The highest BCUT2D eigenvalue weighted by Crippen LogP contribution is 2.18. The molecule has 0 aliphatic heterocycles. The summed E-state index contributed by atoms with van der Waals surface area (Å²) < 4.78 is 0. The quantitative estimate of drug-likeness (QED) is 0.706. The standard InChI is InChI=1S/C11H14O2/c1-7(2)11(13)10-5-4-9(12)6-8(10)3/h4-7,12H,1-3H3. The number of phenolic OH excluding ortho intramolecular Hbond substituents is 1. The van der Waals surface area contributed by atoms with Gasteiger partial charge in [0.15, 0.2) is 5.78 Å². The topological polar surface area (TPSA) is 37.3 Å². The second-order valence-electron chi connectivity index (χ2n) is 3.52. The van der Waals surface area contributed by atoms with Crippen LogP contribution in [-0.2, 0) is 0 Å². The normalized spacial score (nSPS) is 10.5. The van der Waals surface area contributed by atoms with E-state index in [0.717, 1.165) is 5.56 Å². The first-order valence-electron chi connectivity index (χ1n) is 4.36. The van der Waals surface area contributed by atoms with Crippen molar-refractivity contribution in [3.05, 3.63) is 29.3 Å². The summed E-state index contributed by atoms with van der Waals surface area (Å²) >= 11 is 0. The van der Waals surface area contributed by atoms with E-state index in [-0.39, 0.29) is 17.5 Å². The van der Waals surface area contributed by atoms with Crippen LogP contribution in [0.3, 0.4) is 0 Å². The molecule has 0 heterocycles. The molecule has 13 heavy (non-hydrogen) atoms. The molecule has 1 aromatic rings. The lowest BCUT2D eigenvalue weighted by Crippen LogP contribution is -2.08. The van der Waals surface area contributed by atoms with Gasteiger partial charge in [-0.1, -0.05) is 13.8 Å². The van der Waals surface area contributed by atoms with Crippen LogP contribution < -0.4 is 0 Å². The smallest absolute Gasteiger partial charge is 0.165 e. The molecule has 0 amide bonds. The summed E-state index contributed by atoms with van der Waals surface area (Å²) in [6.07, 6.45) is 0. The predicted octanol–water partition coefficient (Wildman–Crippen LogP) is 2.54. The molecule has 0 aromatic heterocycles. The van der Waals surface area contributed by atoms with Crippen molar-refractivity contribution in [3.8, 4) is 5.75 Å². The van der Waals surface area contributed by atoms with Crippen LogP contribution in [-0.4, -0.2) is 10.9 Å². The summed E-state index contributed by atoms with van der Waals surface area (Å²) in [5.74, 6) is 0.332. The minimum absolute atomic E-state index is 0.00300. The van der Waals surface area contributed by atoms with Crippen LogP contribution in [0.2, 0.25) is 0 Å². The van der Waals surface area contributed by atoms with Crippen molar-refractivity contribution in [1.82, 2.24) is 0 Å². The predicted molar refractivity (Wildman–Crippen MR) is 52.0 cm³/mol. The third-order valence-corrected chi connectivity index (χ3v) is 2.00. The van der Waals surface area contributed by atoms with E-state index in [0.29, 0.717) is 5.56 Å². The number of benzene rings is 1. The second-order valence-corrected chi connectivity index (χ2v) is 3.52. The van der Waals surface area contributed by atoms with Gasteiger partial charge in [0.1, 0.15) is 5.75 Å². The first kappa shape index (κ1) is 9.78. The number of rotatable bonds is 2. The van der Waals surface area contributed by atoms with E-state index in [1.807, 2.05) is 20.8 Å². The minimum Gasteiger partial charge on any atom is -0.508 e. The molecule has 0 fully saturated rings. The van der Waals surface area contributed by atoms with E-state index in [1.165, 1.54) is 0 Å². The zero-order chi connectivity index (χ0) is 10.0. The number of ketones is 1. The van der Waals surface area contributed by atoms with Crippen molar-refractivity contribution in [1.29, 1.82) is 0 Å². The van der Waals surface area contributed by atoms with Gasteiger partial charge in [-0.05, 0) is 30.7 Å². The third-order valence-electron chi connectivity index (χ3n) is 2.00. The molecule has 1 rings (SSSR count). The largest absolute Gasteiger partial charge is 0.508 e. The number of phenols is 1. The van der Waals surface area contributed by atoms with Gasteiger partial charge in [0, 0.05) is 11.5 Å². The molecule has 0 unspecified atom stereocenters. The molecule has 0 saturated heterocycles. The fourth-order valence-corrected chi connectivity index (χ4v) is 1.24. The van der Waals surface area contributed by atoms with E-state index in [1.54, 1.807) is 18.2 Å². The van der Waals surface area contributed by atoms with Crippen LogP contribution in [0.25, 0.3) is 0 Å². The lowest BCUT2D eigenvalue weighted by atomic mass is 9.97. The molecule has 0 radical (unpaired) electrons. The van der Waals surface area contributed by atoms with Gasteiger partial charge in [0.05, 0.1) is 0 Å². The molecular weight excluding hydrogens is 164 g/mol. The Hall–Kier alpha value is -1.31. The van der Waals surface area contributed by atoms with Gasteiger partial charge in [0.25, 0.3) is 0 Å². The average Bonchev–Trinajstić information content (AvgIpc) is 2.03. The van der Waals surface area contributed by atoms with Crippen LogP contribution in [0.4, 0.5) is 0 Å². The number of hydrogen-bond acceptors (Lipinski definition) is 2. The minimum atomic E-state index is 0.00300. The van der Waals surface area contributed by atoms with E-state index in [2.05, 4.69) is 0 Å². The van der Waals surface area contributed by atoms with Crippen molar-refractivity contribution in [2.75, 3.05) is 0 Å². The van der Waals surface area contributed by atoms with E-state index in [9.17, 15) is 4.79 Å². The first-order chi connectivity index (χ1) is 6.02. The molecule has 2 heteroatoms. The average molecular weight is 178 g/mol.